The predicted molar refractivity (Wildman–Crippen MR) is 135 cm³/mol. The Hall–Kier alpha value is -3.89. The average molecular weight is 545 g/mol. The number of β-amino-alcohol motifs (C(OH)–C–C–N with tert-alkyl or cyclic N) is 1. The van der Waals surface area contributed by atoms with Crippen molar-refractivity contribution < 1.29 is 27.8 Å². The summed E-state index contributed by atoms with van der Waals surface area (Å²) in [6, 6.07) is 8.62. The number of aromatic amines is 1. The largest absolute Gasteiger partial charge is 0.419 e. The number of fused-ring (bicyclic) bond motifs is 1. The molecule has 2 aliphatic rings. The van der Waals surface area contributed by atoms with Gasteiger partial charge in [-0.15, -0.1) is 0 Å². The van der Waals surface area contributed by atoms with Crippen molar-refractivity contribution in [3.8, 4) is 6.07 Å². The third-order valence-electron chi connectivity index (χ3n) is 7.54. The summed E-state index contributed by atoms with van der Waals surface area (Å²) in [6.07, 6.45) is -2.36. The van der Waals surface area contributed by atoms with Gasteiger partial charge in [-0.25, -0.2) is 0 Å². The van der Waals surface area contributed by atoms with Crippen molar-refractivity contribution in [1.29, 1.82) is 5.26 Å². The van der Waals surface area contributed by atoms with Crippen LogP contribution >= 0.6 is 0 Å². The van der Waals surface area contributed by atoms with Gasteiger partial charge in [-0.3, -0.25) is 14.3 Å². The van der Waals surface area contributed by atoms with E-state index >= 15 is 0 Å². The molecule has 0 unspecified atom stereocenters. The molecular weight excluding hydrogens is 517 g/mol. The van der Waals surface area contributed by atoms with Crippen molar-refractivity contribution in [3.05, 3.63) is 51.9 Å². The van der Waals surface area contributed by atoms with Crippen LogP contribution in [0.2, 0.25) is 0 Å². The first-order chi connectivity index (χ1) is 18.5. The van der Waals surface area contributed by atoms with Crippen LogP contribution in [0, 0.1) is 18.3 Å². The number of H-pyrrole nitrogens is 1. The van der Waals surface area contributed by atoms with Crippen LogP contribution in [0.5, 0.6) is 0 Å². The summed E-state index contributed by atoms with van der Waals surface area (Å²) in [7, 11) is 0. The molecule has 2 saturated heterocycles. The lowest BCUT2D eigenvalue weighted by Gasteiger charge is -2.35. The summed E-state index contributed by atoms with van der Waals surface area (Å²) < 4.78 is 47.0. The van der Waals surface area contributed by atoms with Crippen LogP contribution < -0.4 is 10.9 Å². The number of carbonyl (C=O) groups is 1. The van der Waals surface area contributed by atoms with Gasteiger partial charge in [0.25, 0.3) is 11.5 Å². The summed E-state index contributed by atoms with van der Waals surface area (Å²) in [4.78, 5) is 29.5. The van der Waals surface area contributed by atoms with Gasteiger partial charge in [-0.1, -0.05) is 0 Å². The summed E-state index contributed by atoms with van der Waals surface area (Å²) in [5, 5.41) is 27.6. The highest BCUT2D eigenvalue weighted by Crippen LogP contribution is 2.39. The number of rotatable bonds is 5. The van der Waals surface area contributed by atoms with E-state index in [0.29, 0.717) is 35.2 Å². The Balaban J connectivity index is 1.45. The molecule has 2 aromatic heterocycles. The Morgan fingerprint density at radius 1 is 1.33 bits per heavy atom. The van der Waals surface area contributed by atoms with Gasteiger partial charge in [0, 0.05) is 37.0 Å². The summed E-state index contributed by atoms with van der Waals surface area (Å²) in [5.74, 6) is -0.357. The lowest BCUT2D eigenvalue weighted by Crippen LogP contribution is -2.48. The van der Waals surface area contributed by atoms with Crippen LogP contribution in [0.1, 0.15) is 41.6 Å². The average Bonchev–Trinajstić information content (AvgIpc) is 3.47. The first-order valence-electron chi connectivity index (χ1n) is 12.5. The lowest BCUT2D eigenvalue weighted by atomic mass is 9.89. The van der Waals surface area contributed by atoms with Crippen molar-refractivity contribution in [2.75, 3.05) is 31.6 Å². The maximum Gasteiger partial charge on any atom is 0.419 e. The zero-order valence-corrected chi connectivity index (χ0v) is 21.1. The number of anilines is 2. The topological polar surface area (TPSA) is 136 Å². The molecule has 4 heterocycles. The molecule has 2 atom stereocenters. The molecule has 0 bridgehead atoms. The Kier molecular flexibility index (Phi) is 6.64. The zero-order valence-electron chi connectivity index (χ0n) is 21.1. The van der Waals surface area contributed by atoms with Crippen molar-refractivity contribution in [3.63, 3.8) is 0 Å². The molecule has 2 fully saturated rings. The van der Waals surface area contributed by atoms with Crippen LogP contribution in [0.4, 0.5) is 24.7 Å². The monoisotopic (exact) mass is 544 g/mol. The lowest BCUT2D eigenvalue weighted by molar-refractivity contribution is -0.253. The van der Waals surface area contributed by atoms with Crippen LogP contribution in [0.25, 0.3) is 10.9 Å². The van der Waals surface area contributed by atoms with Gasteiger partial charge in [-0.2, -0.15) is 23.5 Å². The van der Waals surface area contributed by atoms with E-state index in [9.17, 15) is 33.1 Å². The van der Waals surface area contributed by atoms with E-state index in [4.69, 9.17) is 9.84 Å². The number of alkyl halides is 3. The number of hydrogen-bond donors (Lipinski definition) is 3. The molecule has 39 heavy (non-hydrogen) atoms. The Morgan fingerprint density at radius 2 is 2.13 bits per heavy atom. The second-order valence-electron chi connectivity index (χ2n) is 10.2. The molecule has 0 radical (unpaired) electrons. The van der Waals surface area contributed by atoms with E-state index in [-0.39, 0.29) is 36.5 Å². The molecule has 10 nitrogen and oxygen atoms in total. The minimum absolute atomic E-state index is 0.145. The number of benzene rings is 1. The van der Waals surface area contributed by atoms with Crippen LogP contribution in [-0.4, -0.2) is 68.8 Å². The van der Waals surface area contributed by atoms with E-state index in [1.54, 1.807) is 29.8 Å². The molecule has 206 valence electrons. The number of aromatic nitrogens is 3. The normalized spacial score (nSPS) is 23.6. The highest BCUT2D eigenvalue weighted by atomic mass is 19.4. The number of aryl methyl sites for hydroxylation is 1. The second kappa shape index (κ2) is 9.69. The van der Waals surface area contributed by atoms with Gasteiger partial charge in [-0.05, 0) is 49.6 Å². The summed E-state index contributed by atoms with van der Waals surface area (Å²) in [6.45, 7) is 1.47. The number of nitrogens with zero attached hydrogens (tertiary/aromatic N) is 4. The summed E-state index contributed by atoms with van der Waals surface area (Å²) in [5.41, 5.74) is -2.30. The van der Waals surface area contributed by atoms with Gasteiger partial charge in [0.15, 0.2) is 11.4 Å². The molecule has 0 spiro atoms. The van der Waals surface area contributed by atoms with Crippen molar-refractivity contribution in [2.24, 2.45) is 0 Å². The van der Waals surface area contributed by atoms with Gasteiger partial charge in [0.1, 0.15) is 5.39 Å². The van der Waals surface area contributed by atoms with Crippen molar-refractivity contribution in [1.82, 2.24) is 19.7 Å². The minimum Gasteiger partial charge on any atom is -0.379 e. The number of amides is 1. The fraction of sp³-hybridized carbons (Fsp3) is 0.462. The highest BCUT2D eigenvalue weighted by molar-refractivity contribution is 5.97. The number of ether oxygens (including phenoxy) is 1. The maximum atomic E-state index is 13.2. The number of aliphatic hydroxyl groups is 1. The first-order valence-corrected chi connectivity index (χ1v) is 12.5. The number of pyridine rings is 1. The van der Waals surface area contributed by atoms with Crippen molar-refractivity contribution >= 4 is 28.3 Å². The zero-order chi connectivity index (χ0) is 28.0. The third kappa shape index (κ3) is 4.63. The number of carbonyl (C=O) groups excluding carboxylic acids is 1. The molecule has 0 saturated carbocycles. The fourth-order valence-corrected chi connectivity index (χ4v) is 5.38. The second-order valence-corrected chi connectivity index (χ2v) is 10.2. The Morgan fingerprint density at radius 3 is 2.77 bits per heavy atom. The molecule has 1 amide bonds. The van der Waals surface area contributed by atoms with E-state index in [0.717, 1.165) is 11.3 Å². The molecule has 13 heteroatoms. The Bertz CT molecular complexity index is 1520. The minimum atomic E-state index is -4.83. The maximum absolute atomic E-state index is 13.2. The number of likely N-dealkylation sites (tertiary alicyclic amines) is 1. The molecule has 1 aromatic carbocycles. The van der Waals surface area contributed by atoms with Crippen LogP contribution in [-0.2, 0) is 10.3 Å². The van der Waals surface area contributed by atoms with Gasteiger partial charge < -0.3 is 25.0 Å². The van der Waals surface area contributed by atoms with E-state index in [1.165, 1.54) is 12.3 Å². The molecular formula is C26H27F3N6O4. The van der Waals surface area contributed by atoms with Gasteiger partial charge in [0.2, 0.25) is 0 Å². The van der Waals surface area contributed by atoms with Gasteiger partial charge >= 0.3 is 6.18 Å². The third-order valence-corrected chi connectivity index (χ3v) is 7.54. The smallest absolute Gasteiger partial charge is 0.379 e. The number of halogens is 3. The molecule has 2 aliphatic heterocycles. The van der Waals surface area contributed by atoms with E-state index in [2.05, 4.69) is 16.4 Å². The SMILES string of the molecule is Cc1cc(Nc2nn([C@]3(CC#N)CCCOC3)c3cc[nH]c(=O)c23)ccc1C(=O)N1CC[C@@](O)(C(F)(F)F)C1. The van der Waals surface area contributed by atoms with Crippen LogP contribution in [0.15, 0.2) is 35.3 Å². The molecule has 0 aliphatic carbocycles. The fourth-order valence-electron chi connectivity index (χ4n) is 5.38. The predicted octanol–water partition coefficient (Wildman–Crippen LogP) is 3.34. The molecule has 3 aromatic rings. The number of hydrogen-bond acceptors (Lipinski definition) is 7. The standard InChI is InChI=1S/C26H27F3N6O4/c1-16-13-17(3-4-18(16)23(37)34-11-8-25(38,14-34)26(27,28)29)32-21-20-19(5-10-31-22(20)36)35(33-21)24(7-9-30)6-2-12-39-15-24/h3-5,10,13,38H,2,6-8,11-12,14-15H2,1H3,(H,31,36)(H,32,33)/t24-,25-/m0/s1. The molecule has 5 rings (SSSR count). The number of nitriles is 1. The first kappa shape index (κ1) is 26.7. The Labute approximate surface area is 221 Å². The quantitative estimate of drug-likeness (QED) is 0.448. The van der Waals surface area contributed by atoms with Gasteiger partial charge in [0.05, 0.1) is 36.7 Å². The summed E-state index contributed by atoms with van der Waals surface area (Å²) >= 11 is 0. The highest BCUT2D eigenvalue weighted by Gasteiger charge is 2.57. The van der Waals surface area contributed by atoms with E-state index in [1.807, 2.05) is 0 Å². The number of nitrogens with one attached hydrogen (secondary N) is 2. The molecule has 3 N–H and O–H groups in total. The van der Waals surface area contributed by atoms with E-state index < -0.39 is 36.2 Å². The van der Waals surface area contributed by atoms with Crippen molar-refractivity contribution in [2.45, 2.75) is 49.9 Å². The van der Waals surface area contributed by atoms with Crippen LogP contribution in [0.3, 0.4) is 0 Å².